The van der Waals surface area contributed by atoms with Crippen LogP contribution in [0, 0.1) is 17.7 Å². The van der Waals surface area contributed by atoms with Crippen molar-refractivity contribution in [3.8, 4) is 0 Å². The van der Waals surface area contributed by atoms with E-state index in [0.29, 0.717) is 23.6 Å². The zero-order chi connectivity index (χ0) is 19.2. The first-order valence-corrected chi connectivity index (χ1v) is 8.67. The minimum atomic E-state index is -0.100. The van der Waals surface area contributed by atoms with Crippen LogP contribution >= 0.6 is 0 Å². The molecule has 0 spiro atoms. The van der Waals surface area contributed by atoms with Crippen LogP contribution in [0.2, 0.25) is 0 Å². The summed E-state index contributed by atoms with van der Waals surface area (Å²) in [4.78, 5) is 0. The standard InChI is InChI=1S/C21H32N4/c1-14(2)19-9-15(3)7-8-18(19)20(24)17(10-16(11-22)12-23)13-25-21(4,5)6/h7-9,11-14,22,24-25H,10,23H2,1-6H3/b16-12-,17-13-,22-11?,24-20?. The minimum absolute atomic E-state index is 0.100. The van der Waals surface area contributed by atoms with E-state index in [2.05, 4.69) is 52.9 Å². The molecule has 0 saturated heterocycles. The molecule has 0 unspecified atom stereocenters. The molecule has 5 N–H and O–H groups in total. The van der Waals surface area contributed by atoms with Crippen molar-refractivity contribution in [1.82, 2.24) is 5.32 Å². The number of allylic oxidation sites excluding steroid dienone is 2. The summed E-state index contributed by atoms with van der Waals surface area (Å²) in [7, 11) is 0. The molecule has 0 amide bonds. The fourth-order valence-electron chi connectivity index (χ4n) is 2.45. The van der Waals surface area contributed by atoms with Crippen molar-refractivity contribution < 1.29 is 0 Å². The average molecular weight is 341 g/mol. The van der Waals surface area contributed by atoms with Gasteiger partial charge in [-0.25, -0.2) is 0 Å². The smallest absolute Gasteiger partial charge is 0.0664 e. The van der Waals surface area contributed by atoms with Crippen LogP contribution in [0.1, 0.15) is 63.6 Å². The third-order valence-corrected chi connectivity index (χ3v) is 3.89. The van der Waals surface area contributed by atoms with Crippen LogP contribution in [0.5, 0.6) is 0 Å². The zero-order valence-electron chi connectivity index (χ0n) is 16.3. The van der Waals surface area contributed by atoms with Crippen LogP contribution in [0.3, 0.4) is 0 Å². The molecule has 136 valence electrons. The first-order valence-electron chi connectivity index (χ1n) is 8.67. The van der Waals surface area contributed by atoms with Gasteiger partial charge in [0.1, 0.15) is 0 Å². The van der Waals surface area contributed by atoms with E-state index in [4.69, 9.17) is 16.6 Å². The maximum atomic E-state index is 8.79. The lowest BCUT2D eigenvalue weighted by Gasteiger charge is -2.22. The lowest BCUT2D eigenvalue weighted by atomic mass is 9.88. The fourth-order valence-corrected chi connectivity index (χ4v) is 2.45. The summed E-state index contributed by atoms with van der Waals surface area (Å²) in [6.07, 6.45) is 5.02. The van der Waals surface area contributed by atoms with Gasteiger partial charge in [0.2, 0.25) is 0 Å². The maximum Gasteiger partial charge on any atom is 0.0664 e. The van der Waals surface area contributed by atoms with E-state index in [1.807, 2.05) is 18.3 Å². The summed E-state index contributed by atoms with van der Waals surface area (Å²) in [5.74, 6) is 0.333. The molecule has 0 radical (unpaired) electrons. The van der Waals surface area contributed by atoms with E-state index in [1.165, 1.54) is 23.5 Å². The molecule has 1 rings (SSSR count). The van der Waals surface area contributed by atoms with Crippen molar-refractivity contribution in [1.29, 1.82) is 10.8 Å². The SMILES string of the molecule is Cc1ccc(C(=N)/C(=C\NC(C)(C)C)C/C(C=N)=C/N)c(C(C)C)c1. The van der Waals surface area contributed by atoms with Crippen molar-refractivity contribution in [3.63, 3.8) is 0 Å². The highest BCUT2D eigenvalue weighted by Crippen LogP contribution is 2.25. The third kappa shape index (κ3) is 6.22. The summed E-state index contributed by atoms with van der Waals surface area (Å²) < 4.78 is 0. The first kappa shape index (κ1) is 20.7. The summed E-state index contributed by atoms with van der Waals surface area (Å²) >= 11 is 0. The molecule has 0 saturated carbocycles. The van der Waals surface area contributed by atoms with E-state index in [0.717, 1.165) is 11.1 Å². The van der Waals surface area contributed by atoms with Crippen LogP contribution < -0.4 is 11.1 Å². The first-order chi connectivity index (χ1) is 11.6. The second kappa shape index (κ2) is 8.65. The minimum Gasteiger partial charge on any atom is -0.404 e. The van der Waals surface area contributed by atoms with Crippen molar-refractivity contribution in [2.75, 3.05) is 0 Å². The van der Waals surface area contributed by atoms with Crippen molar-refractivity contribution >= 4 is 11.9 Å². The predicted molar refractivity (Wildman–Crippen MR) is 109 cm³/mol. The quantitative estimate of drug-likeness (QED) is 0.545. The molecule has 4 nitrogen and oxygen atoms in total. The average Bonchev–Trinajstić information content (AvgIpc) is 2.53. The lowest BCUT2D eigenvalue weighted by molar-refractivity contribution is 0.490. The number of hydrogen-bond acceptors (Lipinski definition) is 4. The second-order valence-electron chi connectivity index (χ2n) is 7.75. The molecule has 0 aromatic heterocycles. The number of nitrogens with one attached hydrogen (secondary N) is 3. The van der Waals surface area contributed by atoms with Crippen molar-refractivity contribution in [3.05, 3.63) is 58.4 Å². The molecule has 0 aliphatic carbocycles. The van der Waals surface area contributed by atoms with Gasteiger partial charge in [-0.15, -0.1) is 0 Å². The van der Waals surface area contributed by atoms with E-state index >= 15 is 0 Å². The largest absolute Gasteiger partial charge is 0.404 e. The Labute approximate surface area is 152 Å². The zero-order valence-corrected chi connectivity index (χ0v) is 16.3. The van der Waals surface area contributed by atoms with Crippen molar-refractivity contribution in [2.45, 2.75) is 59.4 Å². The summed E-state index contributed by atoms with van der Waals surface area (Å²) in [6.45, 7) is 12.6. The number of rotatable bonds is 7. The van der Waals surface area contributed by atoms with Gasteiger partial charge in [0.25, 0.3) is 0 Å². The Balaban J connectivity index is 3.35. The Morgan fingerprint density at radius 2 is 1.92 bits per heavy atom. The van der Waals surface area contributed by atoms with Crippen LogP contribution in [-0.2, 0) is 0 Å². The van der Waals surface area contributed by atoms with Crippen LogP contribution in [0.4, 0.5) is 0 Å². The Morgan fingerprint density at radius 1 is 1.28 bits per heavy atom. The molecule has 1 aromatic rings. The van der Waals surface area contributed by atoms with E-state index in [1.54, 1.807) is 0 Å². The van der Waals surface area contributed by atoms with Crippen LogP contribution in [-0.4, -0.2) is 17.5 Å². The Kier molecular flexibility index (Phi) is 7.16. The van der Waals surface area contributed by atoms with Gasteiger partial charge in [-0.05, 0) is 56.5 Å². The molecule has 0 aliphatic heterocycles. The molecule has 1 aromatic carbocycles. The second-order valence-corrected chi connectivity index (χ2v) is 7.75. The Bertz CT molecular complexity index is 688. The summed E-state index contributed by atoms with van der Waals surface area (Å²) in [5, 5.41) is 19.6. The third-order valence-electron chi connectivity index (χ3n) is 3.89. The molecule has 0 fully saturated rings. The molecular formula is C21H32N4. The van der Waals surface area contributed by atoms with Gasteiger partial charge in [-0.2, -0.15) is 0 Å². The Morgan fingerprint density at radius 3 is 2.40 bits per heavy atom. The lowest BCUT2D eigenvalue weighted by Crippen LogP contribution is -2.32. The van der Waals surface area contributed by atoms with Gasteiger partial charge < -0.3 is 16.5 Å². The van der Waals surface area contributed by atoms with Crippen LogP contribution in [0.25, 0.3) is 0 Å². The fraction of sp³-hybridized carbons (Fsp3) is 0.429. The molecule has 0 heterocycles. The summed E-state index contributed by atoms with van der Waals surface area (Å²) in [5.41, 5.74) is 10.8. The van der Waals surface area contributed by atoms with E-state index in [-0.39, 0.29) is 5.54 Å². The molecule has 25 heavy (non-hydrogen) atoms. The highest BCUT2D eigenvalue weighted by Gasteiger charge is 2.17. The highest BCUT2D eigenvalue weighted by molar-refractivity contribution is 6.12. The van der Waals surface area contributed by atoms with Gasteiger partial charge in [0.15, 0.2) is 0 Å². The van der Waals surface area contributed by atoms with Gasteiger partial charge >= 0.3 is 0 Å². The summed E-state index contributed by atoms with van der Waals surface area (Å²) in [6, 6.07) is 6.22. The molecular weight excluding hydrogens is 308 g/mol. The van der Waals surface area contributed by atoms with E-state index < -0.39 is 0 Å². The van der Waals surface area contributed by atoms with Crippen LogP contribution in [0.15, 0.2) is 41.7 Å². The number of benzene rings is 1. The topological polar surface area (TPSA) is 85.8 Å². The Hall–Kier alpha value is -2.36. The van der Waals surface area contributed by atoms with Gasteiger partial charge in [0.05, 0.1) is 5.71 Å². The molecule has 0 atom stereocenters. The number of aryl methyl sites for hydroxylation is 1. The molecule has 0 bridgehead atoms. The van der Waals surface area contributed by atoms with Crippen molar-refractivity contribution in [2.24, 2.45) is 5.73 Å². The normalized spacial score (nSPS) is 13.1. The highest BCUT2D eigenvalue weighted by atomic mass is 14.9. The van der Waals surface area contributed by atoms with Gasteiger partial charge in [-0.1, -0.05) is 37.6 Å². The predicted octanol–water partition coefficient (Wildman–Crippen LogP) is 4.64. The number of hydrogen-bond donors (Lipinski definition) is 4. The van der Waals surface area contributed by atoms with Gasteiger partial charge in [-0.3, -0.25) is 5.41 Å². The maximum absolute atomic E-state index is 8.79. The van der Waals surface area contributed by atoms with Gasteiger partial charge in [0, 0.05) is 29.9 Å². The van der Waals surface area contributed by atoms with E-state index in [9.17, 15) is 0 Å². The number of nitrogens with two attached hydrogens (primary N) is 1. The molecule has 4 heteroatoms. The molecule has 0 aliphatic rings. The monoisotopic (exact) mass is 340 g/mol.